The normalized spacial score (nSPS) is 14.5. The van der Waals surface area contributed by atoms with Gasteiger partial charge in [0, 0.05) is 0 Å². The third-order valence-electron chi connectivity index (χ3n) is 4.35. The van der Waals surface area contributed by atoms with Gasteiger partial charge in [-0.25, -0.2) is 9.59 Å². The van der Waals surface area contributed by atoms with Crippen molar-refractivity contribution >= 4 is 35.6 Å². The van der Waals surface area contributed by atoms with Crippen molar-refractivity contribution in [3.8, 4) is 11.5 Å². The van der Waals surface area contributed by atoms with Crippen LogP contribution in [0.4, 0.5) is 4.79 Å². The summed E-state index contributed by atoms with van der Waals surface area (Å²) < 4.78 is 15.5. The fraction of sp³-hybridized carbons (Fsp3) is 0.227. The summed E-state index contributed by atoms with van der Waals surface area (Å²) in [5.41, 5.74) is 1.47. The summed E-state index contributed by atoms with van der Waals surface area (Å²) in [6.45, 7) is 1.94. The average molecular weight is 445 g/mol. The van der Waals surface area contributed by atoms with Gasteiger partial charge in [0.1, 0.15) is 5.70 Å². The molecule has 0 spiro atoms. The molecule has 3 rings (SSSR count). The molecule has 31 heavy (non-hydrogen) atoms. The lowest BCUT2D eigenvalue weighted by molar-refractivity contribution is -0.142. The third-order valence-corrected chi connectivity index (χ3v) is 4.63. The number of amides is 3. The van der Waals surface area contributed by atoms with Crippen LogP contribution >= 0.6 is 11.6 Å². The van der Waals surface area contributed by atoms with Crippen molar-refractivity contribution in [2.45, 2.75) is 13.5 Å². The largest absolute Gasteiger partial charge is 0.490 e. The first-order chi connectivity index (χ1) is 14.9. The van der Waals surface area contributed by atoms with Gasteiger partial charge >= 0.3 is 12.0 Å². The zero-order valence-corrected chi connectivity index (χ0v) is 17.8. The number of ether oxygens (including phenoxy) is 3. The number of urea groups is 1. The van der Waals surface area contributed by atoms with Crippen LogP contribution in [-0.2, 0) is 20.9 Å². The Morgan fingerprint density at radius 1 is 1.16 bits per heavy atom. The van der Waals surface area contributed by atoms with Crippen LogP contribution in [0.1, 0.15) is 18.1 Å². The van der Waals surface area contributed by atoms with Crippen molar-refractivity contribution in [1.29, 1.82) is 0 Å². The van der Waals surface area contributed by atoms with Gasteiger partial charge in [0.2, 0.25) is 0 Å². The second-order valence-corrected chi connectivity index (χ2v) is 6.90. The highest BCUT2D eigenvalue weighted by molar-refractivity contribution is 6.32. The number of methoxy groups -OCH3 is 1. The highest BCUT2D eigenvalue weighted by atomic mass is 35.5. The predicted octanol–water partition coefficient (Wildman–Crippen LogP) is 3.38. The van der Waals surface area contributed by atoms with E-state index in [4.69, 9.17) is 21.1 Å². The Morgan fingerprint density at radius 2 is 1.90 bits per heavy atom. The van der Waals surface area contributed by atoms with Crippen molar-refractivity contribution < 1.29 is 28.6 Å². The maximum Gasteiger partial charge on any atom is 0.343 e. The zero-order valence-electron chi connectivity index (χ0n) is 17.0. The van der Waals surface area contributed by atoms with E-state index in [0.717, 1.165) is 10.5 Å². The molecule has 1 N–H and O–H groups in total. The molecule has 2 aromatic carbocycles. The molecular formula is C22H21ClN2O6. The lowest BCUT2D eigenvalue weighted by Crippen LogP contribution is -2.30. The molecule has 0 aromatic heterocycles. The highest BCUT2D eigenvalue weighted by Gasteiger charge is 2.33. The molecule has 1 fully saturated rings. The summed E-state index contributed by atoms with van der Waals surface area (Å²) in [5.74, 6) is -0.538. The van der Waals surface area contributed by atoms with E-state index in [1.807, 2.05) is 30.3 Å². The monoisotopic (exact) mass is 444 g/mol. The Hall–Kier alpha value is -3.52. The van der Waals surface area contributed by atoms with Gasteiger partial charge in [-0.3, -0.25) is 9.69 Å². The Balaban J connectivity index is 1.84. The lowest BCUT2D eigenvalue weighted by Gasteiger charge is -2.14. The van der Waals surface area contributed by atoms with Gasteiger partial charge in [0.25, 0.3) is 5.91 Å². The van der Waals surface area contributed by atoms with Crippen LogP contribution in [0.3, 0.4) is 0 Å². The van der Waals surface area contributed by atoms with Crippen LogP contribution < -0.4 is 14.8 Å². The Morgan fingerprint density at radius 3 is 2.58 bits per heavy atom. The lowest BCUT2D eigenvalue weighted by atomic mass is 10.1. The number of imide groups is 1. The molecule has 3 amide bonds. The summed E-state index contributed by atoms with van der Waals surface area (Å²) in [7, 11) is 1.25. The summed E-state index contributed by atoms with van der Waals surface area (Å²) in [5, 5.41) is 2.76. The second kappa shape index (κ2) is 9.99. The fourth-order valence-corrected chi connectivity index (χ4v) is 3.19. The van der Waals surface area contributed by atoms with Crippen molar-refractivity contribution in [1.82, 2.24) is 10.2 Å². The van der Waals surface area contributed by atoms with E-state index >= 15 is 0 Å². The molecule has 2 aromatic rings. The van der Waals surface area contributed by atoms with Gasteiger partial charge < -0.3 is 19.5 Å². The number of esters is 1. The van der Waals surface area contributed by atoms with Crippen LogP contribution in [0.15, 0.2) is 48.2 Å². The van der Waals surface area contributed by atoms with Crippen molar-refractivity contribution in [3.63, 3.8) is 0 Å². The first-order valence-corrected chi connectivity index (χ1v) is 9.85. The minimum Gasteiger partial charge on any atom is -0.490 e. The molecule has 0 radical (unpaired) electrons. The van der Waals surface area contributed by atoms with E-state index in [2.05, 4.69) is 10.1 Å². The molecular weight excluding hydrogens is 424 g/mol. The first kappa shape index (κ1) is 22.2. The van der Waals surface area contributed by atoms with E-state index in [9.17, 15) is 14.4 Å². The van der Waals surface area contributed by atoms with Gasteiger partial charge in [-0.2, -0.15) is 0 Å². The highest BCUT2D eigenvalue weighted by Crippen LogP contribution is 2.37. The number of nitrogens with one attached hydrogen (secondary N) is 1. The quantitative estimate of drug-likeness (QED) is 0.381. The van der Waals surface area contributed by atoms with Gasteiger partial charge in [0.15, 0.2) is 18.1 Å². The van der Waals surface area contributed by atoms with E-state index < -0.39 is 17.9 Å². The Labute approximate surface area is 184 Å². The molecule has 1 heterocycles. The van der Waals surface area contributed by atoms with Gasteiger partial charge in [0.05, 0.1) is 25.3 Å². The maximum atomic E-state index is 12.7. The topological polar surface area (TPSA) is 94.2 Å². The predicted molar refractivity (Wildman–Crippen MR) is 114 cm³/mol. The number of carbonyl (C=O) groups is 3. The number of hydrogen-bond donors (Lipinski definition) is 1. The van der Waals surface area contributed by atoms with Crippen LogP contribution in [-0.4, -0.2) is 43.1 Å². The fourth-order valence-electron chi connectivity index (χ4n) is 2.91. The van der Waals surface area contributed by atoms with E-state index in [1.54, 1.807) is 19.1 Å². The SMILES string of the molecule is CCOc1cc(/C=C2\NC(=O)N(Cc3ccccc3)C2=O)cc(Cl)c1OCC(=O)OC. The van der Waals surface area contributed by atoms with Crippen molar-refractivity contribution in [2.75, 3.05) is 20.3 Å². The van der Waals surface area contributed by atoms with Gasteiger partial charge in [-0.15, -0.1) is 0 Å². The Kier molecular flexibility index (Phi) is 7.15. The number of carbonyl (C=O) groups excluding carboxylic acids is 3. The molecule has 162 valence electrons. The maximum absolute atomic E-state index is 12.7. The number of benzene rings is 2. The summed E-state index contributed by atoms with van der Waals surface area (Å²) >= 11 is 6.31. The third kappa shape index (κ3) is 5.35. The summed E-state index contributed by atoms with van der Waals surface area (Å²) in [4.78, 5) is 37.5. The van der Waals surface area contributed by atoms with Crippen LogP contribution in [0.25, 0.3) is 6.08 Å². The van der Waals surface area contributed by atoms with Crippen molar-refractivity contribution in [3.05, 3.63) is 64.3 Å². The molecule has 1 saturated heterocycles. The minimum absolute atomic E-state index is 0.114. The molecule has 0 unspecified atom stereocenters. The van der Waals surface area contributed by atoms with Crippen molar-refractivity contribution in [2.24, 2.45) is 0 Å². The molecule has 1 aliphatic heterocycles. The molecule has 0 bridgehead atoms. The number of halogens is 1. The summed E-state index contributed by atoms with van der Waals surface area (Å²) in [6.07, 6.45) is 1.50. The Bertz CT molecular complexity index is 1020. The van der Waals surface area contributed by atoms with Crippen LogP contribution in [0.5, 0.6) is 11.5 Å². The van der Waals surface area contributed by atoms with Crippen LogP contribution in [0.2, 0.25) is 5.02 Å². The van der Waals surface area contributed by atoms with E-state index in [1.165, 1.54) is 13.2 Å². The van der Waals surface area contributed by atoms with Gasteiger partial charge in [-0.05, 0) is 36.3 Å². The van der Waals surface area contributed by atoms with Gasteiger partial charge in [-0.1, -0.05) is 41.9 Å². The molecule has 0 atom stereocenters. The standard InChI is InChI=1S/C22H21ClN2O6/c1-3-30-18-11-15(9-16(23)20(18)31-13-19(26)29-2)10-17-21(27)25(22(28)24-17)12-14-7-5-4-6-8-14/h4-11H,3,12-13H2,1-2H3,(H,24,28)/b17-10-. The molecule has 9 heteroatoms. The van der Waals surface area contributed by atoms with Crippen LogP contribution in [0, 0.1) is 0 Å². The second-order valence-electron chi connectivity index (χ2n) is 6.49. The minimum atomic E-state index is -0.567. The first-order valence-electron chi connectivity index (χ1n) is 9.47. The van der Waals surface area contributed by atoms with E-state index in [-0.39, 0.29) is 29.6 Å². The molecule has 0 saturated carbocycles. The average Bonchev–Trinajstić information content (AvgIpc) is 3.01. The zero-order chi connectivity index (χ0) is 22.4. The summed E-state index contributed by atoms with van der Waals surface area (Å²) in [6, 6.07) is 11.9. The number of hydrogen-bond acceptors (Lipinski definition) is 6. The molecule has 0 aliphatic carbocycles. The smallest absolute Gasteiger partial charge is 0.343 e. The molecule has 1 aliphatic rings. The van der Waals surface area contributed by atoms with E-state index in [0.29, 0.717) is 17.9 Å². The molecule has 8 nitrogen and oxygen atoms in total. The number of rotatable bonds is 8. The number of nitrogens with zero attached hydrogens (tertiary/aromatic N) is 1.